The number of aryl methyl sites for hydroxylation is 1. The van der Waals surface area contributed by atoms with Crippen LogP contribution in [0.15, 0.2) is 54.7 Å². The highest BCUT2D eigenvalue weighted by atomic mass is 19.1. The van der Waals surface area contributed by atoms with Gasteiger partial charge in [0.1, 0.15) is 5.82 Å². The zero-order chi connectivity index (χ0) is 20.4. The maximum Gasteiger partial charge on any atom is 0.224 e. The summed E-state index contributed by atoms with van der Waals surface area (Å²) in [5, 5.41) is 1.17. The molecular formula is C23H24FN3O2. The number of carbonyl (C=O) groups excluding carboxylic acids is 2. The lowest BCUT2D eigenvalue weighted by Crippen LogP contribution is -2.49. The van der Waals surface area contributed by atoms with Crippen LogP contribution in [0.4, 0.5) is 10.1 Å². The number of ketones is 1. The molecule has 1 fully saturated rings. The number of fused-ring (bicyclic) bond motifs is 1. The molecule has 1 aliphatic rings. The number of rotatable bonds is 5. The van der Waals surface area contributed by atoms with Gasteiger partial charge in [-0.15, -0.1) is 0 Å². The molecule has 5 nitrogen and oxygen atoms in total. The van der Waals surface area contributed by atoms with Crippen molar-refractivity contribution in [1.82, 2.24) is 9.47 Å². The summed E-state index contributed by atoms with van der Waals surface area (Å²) >= 11 is 0. The second-order valence-electron chi connectivity index (χ2n) is 7.41. The van der Waals surface area contributed by atoms with Crippen molar-refractivity contribution in [3.05, 3.63) is 66.1 Å². The third-order valence-electron chi connectivity index (χ3n) is 5.57. The maximum atomic E-state index is 14.4. The lowest BCUT2D eigenvalue weighted by molar-refractivity contribution is -0.131. The molecule has 0 radical (unpaired) electrons. The Bertz CT molecular complexity index is 1050. The number of hydrogen-bond acceptors (Lipinski definition) is 3. The molecular weight excluding hydrogens is 369 g/mol. The van der Waals surface area contributed by atoms with E-state index >= 15 is 0 Å². The summed E-state index contributed by atoms with van der Waals surface area (Å²) in [5.74, 6) is -0.423. The third-order valence-corrected chi connectivity index (χ3v) is 5.57. The summed E-state index contributed by atoms with van der Waals surface area (Å²) in [7, 11) is 0. The molecule has 4 rings (SSSR count). The Hall–Kier alpha value is -3.15. The van der Waals surface area contributed by atoms with Gasteiger partial charge in [0.15, 0.2) is 5.78 Å². The van der Waals surface area contributed by atoms with E-state index in [-0.39, 0.29) is 11.7 Å². The van der Waals surface area contributed by atoms with Gasteiger partial charge in [0.25, 0.3) is 0 Å². The number of carbonyl (C=O) groups is 2. The van der Waals surface area contributed by atoms with Crippen LogP contribution in [0.5, 0.6) is 0 Å². The van der Waals surface area contributed by atoms with E-state index in [0.717, 1.165) is 5.52 Å². The fourth-order valence-corrected chi connectivity index (χ4v) is 3.89. The van der Waals surface area contributed by atoms with E-state index in [9.17, 15) is 14.0 Å². The molecule has 1 saturated heterocycles. The first-order chi connectivity index (χ1) is 14.0. The van der Waals surface area contributed by atoms with Gasteiger partial charge < -0.3 is 14.4 Å². The molecule has 6 heteroatoms. The van der Waals surface area contributed by atoms with Gasteiger partial charge in [-0.3, -0.25) is 9.59 Å². The molecule has 0 bridgehead atoms. The minimum absolute atomic E-state index is 0.120. The van der Waals surface area contributed by atoms with Crippen molar-refractivity contribution in [3.8, 4) is 0 Å². The Morgan fingerprint density at radius 1 is 1.00 bits per heavy atom. The van der Waals surface area contributed by atoms with Crippen LogP contribution in [0.1, 0.15) is 23.7 Å². The highest BCUT2D eigenvalue weighted by Gasteiger charge is 2.23. The summed E-state index contributed by atoms with van der Waals surface area (Å²) in [6, 6.07) is 14.8. The number of amides is 1. The number of aromatic nitrogens is 1. The van der Waals surface area contributed by atoms with E-state index in [1.807, 2.05) is 28.1 Å². The lowest BCUT2D eigenvalue weighted by atomic mass is 10.1. The first-order valence-electron chi connectivity index (χ1n) is 9.90. The van der Waals surface area contributed by atoms with Crippen molar-refractivity contribution in [2.24, 2.45) is 0 Å². The predicted octanol–water partition coefficient (Wildman–Crippen LogP) is 3.72. The Morgan fingerprint density at radius 3 is 2.48 bits per heavy atom. The normalized spacial score (nSPS) is 14.4. The van der Waals surface area contributed by atoms with Crippen LogP contribution < -0.4 is 4.90 Å². The van der Waals surface area contributed by atoms with Gasteiger partial charge in [-0.1, -0.05) is 18.2 Å². The molecule has 0 N–H and O–H groups in total. The van der Waals surface area contributed by atoms with Crippen LogP contribution in [0.2, 0.25) is 0 Å². The Labute approximate surface area is 169 Å². The van der Waals surface area contributed by atoms with Gasteiger partial charge >= 0.3 is 0 Å². The van der Waals surface area contributed by atoms with E-state index in [2.05, 4.69) is 22.8 Å². The van der Waals surface area contributed by atoms with E-state index < -0.39 is 5.82 Å². The third kappa shape index (κ3) is 4.01. The highest BCUT2D eigenvalue weighted by molar-refractivity contribution is 5.94. The SMILES string of the molecule is CC(=O)c1ccc(N2CCN(C(=O)CCn3ccc4ccccc43)CC2)c(F)c1. The van der Waals surface area contributed by atoms with Crippen LogP contribution in [0.25, 0.3) is 10.9 Å². The van der Waals surface area contributed by atoms with Crippen molar-refractivity contribution >= 4 is 28.3 Å². The fourth-order valence-electron chi connectivity index (χ4n) is 3.89. The van der Waals surface area contributed by atoms with Crippen LogP contribution in [0, 0.1) is 5.82 Å². The lowest BCUT2D eigenvalue weighted by Gasteiger charge is -2.36. The second-order valence-corrected chi connectivity index (χ2v) is 7.41. The first kappa shape index (κ1) is 19.2. The number of piperazine rings is 1. The Morgan fingerprint density at radius 2 is 1.76 bits per heavy atom. The van der Waals surface area contributed by atoms with Crippen molar-refractivity contribution in [1.29, 1.82) is 0 Å². The number of Topliss-reactive ketones (excluding diaryl/α,β-unsaturated/α-hetero) is 1. The number of halogens is 1. The molecule has 0 atom stereocenters. The molecule has 29 heavy (non-hydrogen) atoms. The van der Waals surface area contributed by atoms with Gasteiger partial charge in [-0.05, 0) is 42.6 Å². The Kier molecular flexibility index (Phi) is 5.34. The average Bonchev–Trinajstić information content (AvgIpc) is 3.15. The zero-order valence-electron chi connectivity index (χ0n) is 16.5. The maximum absolute atomic E-state index is 14.4. The fraction of sp³-hybridized carbons (Fsp3) is 0.304. The van der Waals surface area contributed by atoms with E-state index in [0.29, 0.717) is 50.4 Å². The number of anilines is 1. The molecule has 1 aromatic heterocycles. The van der Waals surface area contributed by atoms with Crippen LogP contribution in [-0.4, -0.2) is 47.3 Å². The molecule has 2 heterocycles. The van der Waals surface area contributed by atoms with Gasteiger partial charge in [0, 0.05) is 56.4 Å². The molecule has 1 amide bonds. The minimum atomic E-state index is -0.392. The van der Waals surface area contributed by atoms with Crippen molar-refractivity contribution < 1.29 is 14.0 Å². The molecule has 2 aromatic carbocycles. The van der Waals surface area contributed by atoms with Gasteiger partial charge in [0.2, 0.25) is 5.91 Å². The quantitative estimate of drug-likeness (QED) is 0.621. The molecule has 0 aliphatic carbocycles. The van der Waals surface area contributed by atoms with E-state index in [4.69, 9.17) is 0 Å². The summed E-state index contributed by atoms with van der Waals surface area (Å²) in [4.78, 5) is 27.8. The number of benzene rings is 2. The van der Waals surface area contributed by atoms with Crippen molar-refractivity contribution in [3.63, 3.8) is 0 Å². The molecule has 0 spiro atoms. The monoisotopic (exact) mass is 393 g/mol. The van der Waals surface area contributed by atoms with Gasteiger partial charge in [0.05, 0.1) is 5.69 Å². The summed E-state index contributed by atoms with van der Waals surface area (Å²) in [6.45, 7) is 4.37. The molecule has 150 valence electrons. The standard InChI is InChI=1S/C23H24FN3O2/c1-17(28)19-6-7-22(20(24)16-19)26-12-14-27(15-13-26)23(29)9-11-25-10-8-18-4-2-3-5-21(18)25/h2-8,10,16H,9,11-15H2,1H3. The number of para-hydroxylation sites is 1. The highest BCUT2D eigenvalue weighted by Crippen LogP contribution is 2.23. The number of hydrogen-bond donors (Lipinski definition) is 0. The van der Waals surface area contributed by atoms with Crippen LogP contribution >= 0.6 is 0 Å². The van der Waals surface area contributed by atoms with Gasteiger partial charge in [-0.2, -0.15) is 0 Å². The molecule has 0 unspecified atom stereocenters. The van der Waals surface area contributed by atoms with E-state index in [1.165, 1.54) is 18.4 Å². The van der Waals surface area contributed by atoms with Crippen LogP contribution in [0.3, 0.4) is 0 Å². The topological polar surface area (TPSA) is 45.6 Å². The molecule has 0 saturated carbocycles. The van der Waals surface area contributed by atoms with Gasteiger partial charge in [-0.25, -0.2) is 4.39 Å². The first-order valence-corrected chi connectivity index (χ1v) is 9.90. The molecule has 3 aromatic rings. The summed E-state index contributed by atoms with van der Waals surface area (Å²) in [6.07, 6.45) is 2.46. The van der Waals surface area contributed by atoms with Crippen molar-refractivity contribution in [2.45, 2.75) is 19.9 Å². The number of nitrogens with zero attached hydrogens (tertiary/aromatic N) is 3. The van der Waals surface area contributed by atoms with E-state index in [1.54, 1.807) is 12.1 Å². The zero-order valence-corrected chi connectivity index (χ0v) is 16.5. The second kappa shape index (κ2) is 8.07. The average molecular weight is 393 g/mol. The molecule has 1 aliphatic heterocycles. The largest absolute Gasteiger partial charge is 0.366 e. The van der Waals surface area contributed by atoms with Crippen LogP contribution in [-0.2, 0) is 11.3 Å². The predicted molar refractivity (Wildman–Crippen MR) is 112 cm³/mol. The minimum Gasteiger partial charge on any atom is -0.366 e. The summed E-state index contributed by atoms with van der Waals surface area (Å²) in [5.41, 5.74) is 1.99. The Balaban J connectivity index is 1.33. The van der Waals surface area contributed by atoms with Crippen molar-refractivity contribution in [2.75, 3.05) is 31.1 Å². The summed E-state index contributed by atoms with van der Waals surface area (Å²) < 4.78 is 16.5. The smallest absolute Gasteiger partial charge is 0.224 e.